The van der Waals surface area contributed by atoms with E-state index in [-0.39, 0.29) is 23.4 Å². The molecule has 0 amide bonds. The third-order valence-electron chi connectivity index (χ3n) is 9.21. The molecule has 3 rings (SSSR count). The summed E-state index contributed by atoms with van der Waals surface area (Å²) < 4.78 is 0. The number of hydrogen-bond acceptors (Lipinski definition) is 2. The van der Waals surface area contributed by atoms with Gasteiger partial charge in [-0.25, -0.2) is 0 Å². The first-order valence-electron chi connectivity index (χ1n) is 16.5. The van der Waals surface area contributed by atoms with Crippen molar-refractivity contribution in [3.05, 3.63) is 46.5 Å². The Morgan fingerprint density at radius 2 is 0.816 bits per heavy atom. The van der Waals surface area contributed by atoms with Gasteiger partial charge in [0, 0.05) is 23.0 Å². The molecule has 0 radical (unpaired) electrons. The summed E-state index contributed by atoms with van der Waals surface area (Å²) in [4.78, 5) is 26.8. The largest absolute Gasteiger partial charge is 0.294 e. The molecule has 0 heterocycles. The van der Waals surface area contributed by atoms with Gasteiger partial charge in [0.1, 0.15) is 0 Å². The molecular weight excluding hydrogens is 464 g/mol. The van der Waals surface area contributed by atoms with Gasteiger partial charge in [-0.3, -0.25) is 9.59 Å². The SMILES string of the molecule is CCCCCCCCCCCC1=C(CCCCCCCCCCC)CC2C(=O)c3ccccc3C(=O)C2C1. The summed E-state index contributed by atoms with van der Waals surface area (Å²) in [7, 11) is 0. The van der Waals surface area contributed by atoms with Crippen LogP contribution >= 0.6 is 0 Å². The fourth-order valence-corrected chi connectivity index (χ4v) is 6.82. The van der Waals surface area contributed by atoms with E-state index in [2.05, 4.69) is 13.8 Å². The smallest absolute Gasteiger partial charge is 0.167 e. The van der Waals surface area contributed by atoms with Gasteiger partial charge in [0.15, 0.2) is 11.6 Å². The zero-order chi connectivity index (χ0) is 27.0. The molecule has 1 aromatic carbocycles. The van der Waals surface area contributed by atoms with Crippen molar-refractivity contribution >= 4 is 11.6 Å². The normalized spacial score (nSPS) is 19.1. The molecule has 2 unspecified atom stereocenters. The fourth-order valence-electron chi connectivity index (χ4n) is 6.82. The summed E-state index contributed by atoms with van der Waals surface area (Å²) in [6.45, 7) is 4.56. The zero-order valence-electron chi connectivity index (χ0n) is 24.8. The van der Waals surface area contributed by atoms with Crippen molar-refractivity contribution in [2.75, 3.05) is 0 Å². The second kappa shape index (κ2) is 17.8. The molecule has 2 atom stereocenters. The monoisotopic (exact) mass is 520 g/mol. The fraction of sp³-hybridized carbons (Fsp3) is 0.722. The molecule has 0 spiro atoms. The highest BCUT2D eigenvalue weighted by atomic mass is 16.1. The first-order valence-corrected chi connectivity index (χ1v) is 16.5. The van der Waals surface area contributed by atoms with Gasteiger partial charge in [0.25, 0.3) is 0 Å². The van der Waals surface area contributed by atoms with E-state index in [1.54, 1.807) is 0 Å². The predicted octanol–water partition coefficient (Wildman–Crippen LogP) is 11.2. The molecular formula is C36H56O2. The van der Waals surface area contributed by atoms with Crippen LogP contribution in [0.4, 0.5) is 0 Å². The molecule has 2 nitrogen and oxygen atoms in total. The van der Waals surface area contributed by atoms with Crippen molar-refractivity contribution in [2.45, 2.75) is 155 Å². The van der Waals surface area contributed by atoms with E-state index in [0.29, 0.717) is 11.1 Å². The predicted molar refractivity (Wildman–Crippen MR) is 162 cm³/mol. The lowest BCUT2D eigenvalue weighted by molar-refractivity contribution is 0.0718. The van der Waals surface area contributed by atoms with E-state index in [4.69, 9.17) is 0 Å². The minimum Gasteiger partial charge on any atom is -0.294 e. The van der Waals surface area contributed by atoms with E-state index in [0.717, 1.165) is 25.7 Å². The van der Waals surface area contributed by atoms with Gasteiger partial charge in [0.05, 0.1) is 0 Å². The molecule has 212 valence electrons. The highest BCUT2D eigenvalue weighted by Gasteiger charge is 2.44. The van der Waals surface area contributed by atoms with E-state index in [1.165, 1.54) is 127 Å². The average molecular weight is 521 g/mol. The number of ketones is 2. The Kier molecular flexibility index (Phi) is 14.4. The minimum absolute atomic E-state index is 0.127. The Bertz CT molecular complexity index is 808. The molecule has 1 aromatic rings. The molecule has 0 saturated heterocycles. The van der Waals surface area contributed by atoms with E-state index in [9.17, 15) is 9.59 Å². The van der Waals surface area contributed by atoms with Crippen molar-refractivity contribution in [2.24, 2.45) is 11.8 Å². The number of fused-ring (bicyclic) bond motifs is 2. The summed E-state index contributed by atoms with van der Waals surface area (Å²) in [5.41, 5.74) is 4.41. The lowest BCUT2D eigenvalue weighted by Gasteiger charge is -2.37. The first-order chi connectivity index (χ1) is 18.7. The standard InChI is InChI=1S/C36H56O2/c1-3-5-7-9-11-13-15-17-19-23-29-27-33-34(36(38)32-26-22-21-25-31(32)35(33)37)28-30(29)24-20-18-16-14-12-10-8-6-4-2/h21-22,25-26,33-34H,3-20,23-24,27-28H2,1-2H3. The summed E-state index contributed by atoms with van der Waals surface area (Å²) in [6, 6.07) is 7.55. The average Bonchev–Trinajstić information content (AvgIpc) is 2.94. The van der Waals surface area contributed by atoms with E-state index >= 15 is 0 Å². The number of carbonyl (C=O) groups is 2. The second-order valence-electron chi connectivity index (χ2n) is 12.3. The van der Waals surface area contributed by atoms with Crippen LogP contribution in [0.1, 0.15) is 176 Å². The lowest BCUT2D eigenvalue weighted by atomic mass is 9.65. The molecule has 0 bridgehead atoms. The quantitative estimate of drug-likeness (QED) is 0.126. The molecule has 2 aliphatic carbocycles. The molecule has 0 aliphatic heterocycles. The van der Waals surface area contributed by atoms with Crippen LogP contribution in [0.15, 0.2) is 35.4 Å². The van der Waals surface area contributed by atoms with Crippen LogP contribution in [0, 0.1) is 11.8 Å². The topological polar surface area (TPSA) is 34.1 Å². The lowest BCUT2D eigenvalue weighted by Crippen LogP contribution is -2.39. The number of allylic oxidation sites excluding steroid dienone is 2. The van der Waals surface area contributed by atoms with Crippen LogP contribution in [0.25, 0.3) is 0 Å². The number of benzene rings is 1. The summed E-state index contributed by atoms with van der Waals surface area (Å²) in [5, 5.41) is 0. The number of Topliss-reactive ketones (excluding diaryl/α,β-unsaturated/α-hetero) is 2. The Morgan fingerprint density at radius 1 is 0.500 bits per heavy atom. The molecule has 2 heteroatoms. The molecule has 0 fully saturated rings. The van der Waals surface area contributed by atoms with Gasteiger partial charge in [0.2, 0.25) is 0 Å². The summed E-state index contributed by atoms with van der Waals surface area (Å²) in [6.07, 6.45) is 28.1. The number of carbonyl (C=O) groups excluding carboxylic acids is 2. The van der Waals surface area contributed by atoms with Crippen LogP contribution in [-0.4, -0.2) is 11.6 Å². The Hall–Kier alpha value is -1.70. The maximum Gasteiger partial charge on any atom is 0.167 e. The van der Waals surface area contributed by atoms with Gasteiger partial charge in [-0.1, -0.05) is 152 Å². The van der Waals surface area contributed by atoms with Gasteiger partial charge in [-0.05, 0) is 38.5 Å². The number of hydrogen-bond donors (Lipinski definition) is 0. The number of rotatable bonds is 20. The number of unbranched alkanes of at least 4 members (excludes halogenated alkanes) is 16. The maximum absolute atomic E-state index is 13.4. The summed E-state index contributed by atoms with van der Waals surface area (Å²) in [5.74, 6) is 0.185. The van der Waals surface area contributed by atoms with Crippen molar-refractivity contribution in [3.63, 3.8) is 0 Å². The highest BCUT2D eigenvalue weighted by molar-refractivity contribution is 6.16. The maximum atomic E-state index is 13.4. The van der Waals surface area contributed by atoms with Crippen molar-refractivity contribution < 1.29 is 9.59 Å². The van der Waals surface area contributed by atoms with E-state index < -0.39 is 0 Å². The Labute approximate surface area is 234 Å². The summed E-state index contributed by atoms with van der Waals surface area (Å²) >= 11 is 0. The van der Waals surface area contributed by atoms with Crippen molar-refractivity contribution in [1.82, 2.24) is 0 Å². The highest BCUT2D eigenvalue weighted by Crippen LogP contribution is 2.44. The van der Waals surface area contributed by atoms with E-state index in [1.807, 2.05) is 24.3 Å². The van der Waals surface area contributed by atoms with Crippen molar-refractivity contribution in [3.8, 4) is 0 Å². The van der Waals surface area contributed by atoms with Crippen LogP contribution in [0.3, 0.4) is 0 Å². The molecule has 0 aromatic heterocycles. The van der Waals surface area contributed by atoms with Gasteiger partial charge >= 0.3 is 0 Å². The second-order valence-corrected chi connectivity index (χ2v) is 12.3. The Morgan fingerprint density at radius 3 is 1.16 bits per heavy atom. The van der Waals surface area contributed by atoms with Gasteiger partial charge in [-0.2, -0.15) is 0 Å². The molecule has 0 saturated carbocycles. The van der Waals surface area contributed by atoms with Gasteiger partial charge < -0.3 is 0 Å². The Balaban J connectivity index is 1.52. The van der Waals surface area contributed by atoms with Crippen LogP contribution in [0.2, 0.25) is 0 Å². The van der Waals surface area contributed by atoms with Crippen LogP contribution in [-0.2, 0) is 0 Å². The molecule has 2 aliphatic rings. The first kappa shape index (κ1) is 30.8. The van der Waals surface area contributed by atoms with Crippen LogP contribution in [0.5, 0.6) is 0 Å². The van der Waals surface area contributed by atoms with Crippen molar-refractivity contribution in [1.29, 1.82) is 0 Å². The minimum atomic E-state index is -0.127. The third kappa shape index (κ3) is 9.49. The van der Waals surface area contributed by atoms with Crippen LogP contribution < -0.4 is 0 Å². The zero-order valence-corrected chi connectivity index (χ0v) is 24.8. The molecule has 0 N–H and O–H groups in total. The molecule has 38 heavy (non-hydrogen) atoms. The van der Waals surface area contributed by atoms with Gasteiger partial charge in [-0.15, -0.1) is 0 Å². The third-order valence-corrected chi connectivity index (χ3v) is 9.21.